The van der Waals surface area contributed by atoms with E-state index in [4.69, 9.17) is 0 Å². The standard InChI is InChI=1S/C33H62N6O9/c1-3-4-5-6-10-17-29(41)34-22-12-8-15-26-38(47)32(44)21-19-31(43)36-24-13-9-16-27-39(48)33(45)20-18-30(42)35-23-11-7-14-25-37(46)28(2)40/h46-48H,3-27H2,1-2H3,(H,34,41)(H,35,42)(H,36,43). The molecule has 0 aliphatic heterocycles. The molecule has 0 saturated heterocycles. The Morgan fingerprint density at radius 2 is 0.792 bits per heavy atom. The number of unbranched alkanes of at least 4 members (excludes halogenated alkanes) is 10. The Morgan fingerprint density at radius 3 is 1.19 bits per heavy atom. The first-order valence-electron chi connectivity index (χ1n) is 17.7. The Labute approximate surface area is 286 Å². The average molecular weight is 687 g/mol. The molecule has 0 spiro atoms. The van der Waals surface area contributed by atoms with Gasteiger partial charge in [0.15, 0.2) is 0 Å². The van der Waals surface area contributed by atoms with Crippen molar-refractivity contribution in [3.63, 3.8) is 0 Å². The van der Waals surface area contributed by atoms with Crippen molar-refractivity contribution in [2.75, 3.05) is 39.3 Å². The maximum absolute atomic E-state index is 12.1. The number of hydrogen-bond acceptors (Lipinski definition) is 9. The number of carbonyl (C=O) groups excluding carboxylic acids is 6. The monoisotopic (exact) mass is 686 g/mol. The molecule has 0 aromatic rings. The third kappa shape index (κ3) is 26.7. The lowest BCUT2D eigenvalue weighted by Gasteiger charge is -2.15. The van der Waals surface area contributed by atoms with Crippen LogP contribution in [0.4, 0.5) is 0 Å². The van der Waals surface area contributed by atoms with Gasteiger partial charge in [-0.1, -0.05) is 32.6 Å². The van der Waals surface area contributed by atoms with Crippen LogP contribution in [0.15, 0.2) is 0 Å². The van der Waals surface area contributed by atoms with Crippen LogP contribution in [0, 0.1) is 0 Å². The third-order valence-corrected chi connectivity index (χ3v) is 7.69. The van der Waals surface area contributed by atoms with Crippen LogP contribution in [0.3, 0.4) is 0 Å². The number of carbonyl (C=O) groups is 6. The second-order valence-electron chi connectivity index (χ2n) is 12.1. The van der Waals surface area contributed by atoms with Crippen LogP contribution in [-0.4, -0.2) is 106 Å². The zero-order valence-electron chi connectivity index (χ0n) is 29.3. The van der Waals surface area contributed by atoms with E-state index in [9.17, 15) is 44.4 Å². The summed E-state index contributed by atoms with van der Waals surface area (Å²) in [7, 11) is 0. The van der Waals surface area contributed by atoms with Crippen LogP contribution in [0.2, 0.25) is 0 Å². The first kappa shape index (κ1) is 44.7. The lowest BCUT2D eigenvalue weighted by molar-refractivity contribution is -0.166. The summed E-state index contributed by atoms with van der Waals surface area (Å²) < 4.78 is 0. The molecule has 278 valence electrons. The topological polar surface area (TPSA) is 209 Å². The molecular weight excluding hydrogens is 624 g/mol. The summed E-state index contributed by atoms with van der Waals surface area (Å²) in [6.07, 6.45) is 11.6. The summed E-state index contributed by atoms with van der Waals surface area (Å²) in [6.45, 7) is 5.29. The van der Waals surface area contributed by atoms with Crippen LogP contribution in [-0.2, 0) is 28.8 Å². The molecule has 0 aromatic heterocycles. The van der Waals surface area contributed by atoms with Gasteiger partial charge in [-0.25, -0.2) is 15.2 Å². The molecule has 0 heterocycles. The van der Waals surface area contributed by atoms with Gasteiger partial charge in [0.1, 0.15) is 0 Å². The van der Waals surface area contributed by atoms with Gasteiger partial charge in [0, 0.05) is 78.3 Å². The van der Waals surface area contributed by atoms with E-state index in [0.717, 1.165) is 32.1 Å². The molecular formula is C33H62N6O9. The maximum Gasteiger partial charge on any atom is 0.246 e. The predicted octanol–water partition coefficient (Wildman–Crippen LogP) is 3.44. The molecule has 6 N–H and O–H groups in total. The van der Waals surface area contributed by atoms with Gasteiger partial charge in [0.05, 0.1) is 0 Å². The molecule has 0 atom stereocenters. The van der Waals surface area contributed by atoms with E-state index in [2.05, 4.69) is 22.9 Å². The second kappa shape index (κ2) is 29.8. The van der Waals surface area contributed by atoms with E-state index in [1.165, 1.54) is 19.8 Å². The smallest absolute Gasteiger partial charge is 0.246 e. The number of nitrogens with one attached hydrogen (secondary N) is 3. The fourth-order valence-electron chi connectivity index (χ4n) is 4.63. The highest BCUT2D eigenvalue weighted by molar-refractivity contribution is 5.83. The highest BCUT2D eigenvalue weighted by Crippen LogP contribution is 2.06. The molecule has 0 fully saturated rings. The molecule has 0 saturated carbocycles. The van der Waals surface area contributed by atoms with Crippen LogP contribution in [0.1, 0.15) is 136 Å². The zero-order chi connectivity index (χ0) is 36.0. The van der Waals surface area contributed by atoms with Crippen molar-refractivity contribution in [1.82, 2.24) is 31.1 Å². The van der Waals surface area contributed by atoms with E-state index in [1.807, 2.05) is 0 Å². The van der Waals surface area contributed by atoms with E-state index < -0.39 is 17.7 Å². The summed E-state index contributed by atoms with van der Waals surface area (Å²) >= 11 is 0. The summed E-state index contributed by atoms with van der Waals surface area (Å²) in [5, 5.41) is 39.3. The highest BCUT2D eigenvalue weighted by atomic mass is 16.5. The van der Waals surface area contributed by atoms with Gasteiger partial charge in [-0.05, 0) is 64.2 Å². The van der Waals surface area contributed by atoms with E-state index >= 15 is 0 Å². The van der Waals surface area contributed by atoms with Crippen LogP contribution < -0.4 is 16.0 Å². The summed E-state index contributed by atoms with van der Waals surface area (Å²) in [4.78, 5) is 70.8. The minimum absolute atomic E-state index is 0.0452. The van der Waals surface area contributed by atoms with Gasteiger partial charge in [-0.15, -0.1) is 0 Å². The number of rotatable bonds is 30. The van der Waals surface area contributed by atoms with E-state index in [1.54, 1.807) is 0 Å². The molecule has 15 heteroatoms. The quantitative estimate of drug-likeness (QED) is 0.0371. The van der Waals surface area contributed by atoms with Gasteiger partial charge in [-0.2, -0.15) is 0 Å². The highest BCUT2D eigenvalue weighted by Gasteiger charge is 2.14. The zero-order valence-corrected chi connectivity index (χ0v) is 29.3. The molecule has 0 unspecified atom stereocenters. The first-order valence-corrected chi connectivity index (χ1v) is 17.7. The molecule has 0 bridgehead atoms. The maximum atomic E-state index is 12.1. The van der Waals surface area contributed by atoms with Crippen LogP contribution in [0.5, 0.6) is 0 Å². The Balaban J connectivity index is 3.75. The van der Waals surface area contributed by atoms with Crippen molar-refractivity contribution in [3.05, 3.63) is 0 Å². The molecule has 0 aromatic carbocycles. The number of nitrogens with zero attached hydrogens (tertiary/aromatic N) is 3. The van der Waals surface area contributed by atoms with Crippen LogP contribution in [0.25, 0.3) is 0 Å². The molecule has 0 rings (SSSR count). The fourth-order valence-corrected chi connectivity index (χ4v) is 4.63. The van der Waals surface area contributed by atoms with Crippen molar-refractivity contribution in [2.24, 2.45) is 0 Å². The fraction of sp³-hybridized carbons (Fsp3) is 0.818. The average Bonchev–Trinajstić information content (AvgIpc) is 3.06. The largest absolute Gasteiger partial charge is 0.356 e. The first-order chi connectivity index (χ1) is 23.0. The van der Waals surface area contributed by atoms with Crippen molar-refractivity contribution >= 4 is 35.4 Å². The molecule has 0 radical (unpaired) electrons. The van der Waals surface area contributed by atoms with Crippen molar-refractivity contribution in [1.29, 1.82) is 0 Å². The van der Waals surface area contributed by atoms with Crippen molar-refractivity contribution in [3.8, 4) is 0 Å². The van der Waals surface area contributed by atoms with Crippen molar-refractivity contribution < 1.29 is 44.4 Å². The third-order valence-electron chi connectivity index (χ3n) is 7.69. The minimum Gasteiger partial charge on any atom is -0.356 e. The molecule has 48 heavy (non-hydrogen) atoms. The Bertz CT molecular complexity index is 937. The molecule has 0 aliphatic carbocycles. The van der Waals surface area contributed by atoms with Crippen LogP contribution >= 0.6 is 0 Å². The van der Waals surface area contributed by atoms with E-state index in [-0.39, 0.29) is 63.0 Å². The Kier molecular flexibility index (Phi) is 27.8. The Hall–Kier alpha value is -3.30. The van der Waals surface area contributed by atoms with E-state index in [0.29, 0.717) is 86.2 Å². The summed E-state index contributed by atoms with van der Waals surface area (Å²) in [5.74, 6) is -2.04. The minimum atomic E-state index is -0.555. The van der Waals surface area contributed by atoms with Gasteiger partial charge in [-0.3, -0.25) is 44.4 Å². The van der Waals surface area contributed by atoms with Gasteiger partial charge < -0.3 is 16.0 Å². The number of amides is 6. The molecule has 0 aliphatic rings. The Morgan fingerprint density at radius 1 is 0.438 bits per heavy atom. The van der Waals surface area contributed by atoms with Gasteiger partial charge in [0.2, 0.25) is 35.4 Å². The number of hydroxylamine groups is 6. The lowest BCUT2D eigenvalue weighted by atomic mass is 10.1. The predicted molar refractivity (Wildman–Crippen MR) is 179 cm³/mol. The second-order valence-corrected chi connectivity index (χ2v) is 12.1. The van der Waals surface area contributed by atoms with Crippen molar-refractivity contribution in [2.45, 2.75) is 136 Å². The normalized spacial score (nSPS) is 10.7. The van der Waals surface area contributed by atoms with Gasteiger partial charge >= 0.3 is 0 Å². The lowest BCUT2D eigenvalue weighted by Crippen LogP contribution is -2.31. The number of hydrogen-bond donors (Lipinski definition) is 6. The SMILES string of the molecule is CCCCCCCC(=O)NCCCCCN(O)C(=O)CCC(=O)NCCCCCN(O)C(=O)CCC(=O)NCCCCCN(O)C(C)=O. The summed E-state index contributed by atoms with van der Waals surface area (Å²) in [6, 6.07) is 0. The van der Waals surface area contributed by atoms with Gasteiger partial charge in [0.25, 0.3) is 0 Å². The summed E-state index contributed by atoms with van der Waals surface area (Å²) in [5.41, 5.74) is 0. The molecule has 15 nitrogen and oxygen atoms in total. The molecule has 6 amide bonds.